The summed E-state index contributed by atoms with van der Waals surface area (Å²) in [4.78, 5) is 12.2. The van der Waals surface area contributed by atoms with Gasteiger partial charge < -0.3 is 14.8 Å². The third kappa shape index (κ3) is 4.79. The highest BCUT2D eigenvalue weighted by atomic mass is 35.5. The van der Waals surface area contributed by atoms with Crippen molar-refractivity contribution in [3.05, 3.63) is 58.0 Å². The first kappa shape index (κ1) is 17.9. The monoisotopic (exact) mass is 377 g/mol. The van der Waals surface area contributed by atoms with Crippen molar-refractivity contribution in [1.29, 1.82) is 0 Å². The number of furan rings is 1. The van der Waals surface area contributed by atoms with Crippen molar-refractivity contribution in [3.63, 3.8) is 0 Å². The number of benzene rings is 1. The van der Waals surface area contributed by atoms with Gasteiger partial charge in [-0.2, -0.15) is 0 Å². The lowest BCUT2D eigenvalue weighted by Crippen LogP contribution is -2.45. The number of halogens is 2. The molecule has 25 heavy (non-hydrogen) atoms. The van der Waals surface area contributed by atoms with Crippen LogP contribution in [0.3, 0.4) is 0 Å². The number of carbonyl (C=O) groups is 1. The van der Waals surface area contributed by atoms with Crippen LogP contribution in [-0.2, 0) is 0 Å². The van der Waals surface area contributed by atoms with Crippen LogP contribution in [0.2, 0.25) is 10.2 Å². The molecular weight excluding hydrogens is 361 g/mol. The van der Waals surface area contributed by atoms with Crippen molar-refractivity contribution in [2.75, 3.05) is 0 Å². The van der Waals surface area contributed by atoms with Gasteiger partial charge in [0.05, 0.1) is 0 Å². The Morgan fingerprint density at radius 1 is 1.32 bits per heavy atom. The highest BCUT2D eigenvalue weighted by molar-refractivity contribution is 6.30. The summed E-state index contributed by atoms with van der Waals surface area (Å²) in [5, 5.41) is 14.4. The molecule has 3 rings (SSSR count). The normalized spacial score (nSPS) is 22.8. The number of aliphatic hydroxyl groups is 1. The topological polar surface area (TPSA) is 62.5 Å². The summed E-state index contributed by atoms with van der Waals surface area (Å²) in [6.45, 7) is 0. The Bertz CT molecular complexity index is 836. The number of hydrogen-bond donors (Lipinski definition) is 2. The van der Waals surface area contributed by atoms with Crippen molar-refractivity contribution >= 4 is 29.1 Å². The highest BCUT2D eigenvalue weighted by Crippen LogP contribution is 2.28. The molecule has 1 aliphatic rings. The minimum atomic E-state index is -1.14. The second-order valence-corrected chi connectivity index (χ2v) is 6.97. The van der Waals surface area contributed by atoms with Crippen LogP contribution in [0.25, 0.3) is 0 Å². The van der Waals surface area contributed by atoms with E-state index in [-0.39, 0.29) is 22.9 Å². The molecule has 1 aliphatic carbocycles. The van der Waals surface area contributed by atoms with Crippen LogP contribution in [0.15, 0.2) is 40.8 Å². The Balaban J connectivity index is 1.67. The molecule has 0 aliphatic heterocycles. The van der Waals surface area contributed by atoms with Crippen LogP contribution in [-0.4, -0.2) is 22.7 Å². The van der Waals surface area contributed by atoms with E-state index < -0.39 is 5.60 Å². The first-order valence-corrected chi connectivity index (χ1v) is 8.76. The molecule has 1 fully saturated rings. The zero-order valence-electron chi connectivity index (χ0n) is 13.4. The molecule has 2 N–H and O–H groups in total. The molecule has 0 radical (unpaired) electrons. The number of rotatable bonds is 2. The summed E-state index contributed by atoms with van der Waals surface area (Å²) in [6.07, 6.45) is 2.48. The quantitative estimate of drug-likeness (QED) is 0.776. The van der Waals surface area contributed by atoms with Gasteiger partial charge in [-0.15, -0.1) is 0 Å². The van der Waals surface area contributed by atoms with Gasteiger partial charge in [-0.25, -0.2) is 0 Å². The van der Waals surface area contributed by atoms with Gasteiger partial charge in [-0.05, 0) is 61.2 Å². The van der Waals surface area contributed by atoms with Gasteiger partial charge in [0.1, 0.15) is 5.60 Å². The molecule has 2 atom stereocenters. The number of nitrogens with one attached hydrogen (secondary N) is 1. The molecule has 1 aromatic heterocycles. The van der Waals surface area contributed by atoms with Crippen molar-refractivity contribution in [1.82, 2.24) is 5.32 Å². The maximum Gasteiger partial charge on any atom is 0.287 e. The predicted octanol–water partition coefficient (Wildman–Crippen LogP) is 4.04. The fourth-order valence-electron chi connectivity index (χ4n) is 2.94. The van der Waals surface area contributed by atoms with Crippen LogP contribution >= 0.6 is 23.2 Å². The van der Waals surface area contributed by atoms with Gasteiger partial charge in [-0.3, -0.25) is 4.79 Å². The molecule has 1 amide bonds. The van der Waals surface area contributed by atoms with Gasteiger partial charge >= 0.3 is 0 Å². The molecule has 2 aromatic rings. The van der Waals surface area contributed by atoms with Gasteiger partial charge in [0.25, 0.3) is 5.91 Å². The fraction of sp³-hybridized carbons (Fsp3) is 0.316. The number of hydrogen-bond acceptors (Lipinski definition) is 3. The SMILES string of the molecule is O=C(N[C@@H]1CCC[C@](O)(C#Cc2cccc(Cl)c2)C1)c1ccc(Cl)o1. The summed E-state index contributed by atoms with van der Waals surface area (Å²) >= 11 is 11.6. The van der Waals surface area contributed by atoms with Crippen molar-refractivity contribution in [3.8, 4) is 11.8 Å². The van der Waals surface area contributed by atoms with Crippen LogP contribution in [0, 0.1) is 11.8 Å². The van der Waals surface area contributed by atoms with E-state index >= 15 is 0 Å². The Morgan fingerprint density at radius 3 is 2.88 bits per heavy atom. The van der Waals surface area contributed by atoms with Gasteiger partial charge in [0.15, 0.2) is 11.0 Å². The molecule has 1 heterocycles. The van der Waals surface area contributed by atoms with E-state index in [2.05, 4.69) is 17.2 Å². The molecule has 6 heteroatoms. The summed E-state index contributed by atoms with van der Waals surface area (Å²) < 4.78 is 5.11. The third-order valence-corrected chi connectivity index (χ3v) is 4.56. The molecule has 0 bridgehead atoms. The van der Waals surface area contributed by atoms with Crippen molar-refractivity contribution in [2.24, 2.45) is 0 Å². The van der Waals surface area contributed by atoms with E-state index in [0.717, 1.165) is 18.4 Å². The van der Waals surface area contributed by atoms with Crippen LogP contribution in [0.1, 0.15) is 41.8 Å². The molecular formula is C19H17Cl2NO3. The third-order valence-electron chi connectivity index (χ3n) is 4.12. The largest absolute Gasteiger partial charge is 0.440 e. The number of amides is 1. The first-order chi connectivity index (χ1) is 11.9. The first-order valence-electron chi connectivity index (χ1n) is 8.01. The Labute approximate surface area is 156 Å². The molecule has 1 aromatic carbocycles. The van der Waals surface area contributed by atoms with Gasteiger partial charge in [0, 0.05) is 23.0 Å². The minimum absolute atomic E-state index is 0.157. The standard InChI is InChI=1S/C19H17Cl2NO3/c20-14-4-1-3-13(11-14)8-10-19(24)9-2-5-15(12-19)22-18(23)16-6-7-17(21)25-16/h1,3-4,6-7,11,15,24H,2,5,9,12H2,(H,22,23)/t15-,19+/m1/s1. The molecule has 130 valence electrons. The van der Waals surface area contributed by atoms with Crippen molar-refractivity contribution < 1.29 is 14.3 Å². The average molecular weight is 378 g/mol. The second-order valence-electron chi connectivity index (χ2n) is 6.16. The smallest absolute Gasteiger partial charge is 0.287 e. The minimum Gasteiger partial charge on any atom is -0.440 e. The van der Waals surface area contributed by atoms with E-state index in [4.69, 9.17) is 27.6 Å². The Kier molecular flexibility index (Phi) is 5.39. The average Bonchev–Trinajstić information content (AvgIpc) is 3.00. The van der Waals surface area contributed by atoms with Crippen LogP contribution < -0.4 is 5.32 Å². The van der Waals surface area contributed by atoms with Crippen molar-refractivity contribution in [2.45, 2.75) is 37.3 Å². The highest BCUT2D eigenvalue weighted by Gasteiger charge is 2.34. The molecule has 1 saturated carbocycles. The second kappa shape index (κ2) is 7.53. The molecule has 0 spiro atoms. The fourth-order valence-corrected chi connectivity index (χ4v) is 3.27. The predicted molar refractivity (Wildman–Crippen MR) is 96.7 cm³/mol. The maximum atomic E-state index is 12.2. The van der Waals surface area contributed by atoms with E-state index in [1.165, 1.54) is 12.1 Å². The lowest BCUT2D eigenvalue weighted by atomic mass is 9.82. The molecule has 4 nitrogen and oxygen atoms in total. The molecule has 0 unspecified atom stereocenters. The van der Waals surface area contributed by atoms with Crippen LogP contribution in [0.4, 0.5) is 0 Å². The molecule has 0 saturated heterocycles. The summed E-state index contributed by atoms with van der Waals surface area (Å²) in [5.41, 5.74) is -0.392. The summed E-state index contributed by atoms with van der Waals surface area (Å²) in [5.74, 6) is 5.72. The lowest BCUT2D eigenvalue weighted by molar-refractivity contribution is 0.0448. The summed E-state index contributed by atoms with van der Waals surface area (Å²) in [6, 6.07) is 10.0. The van der Waals surface area contributed by atoms with Crippen LogP contribution in [0.5, 0.6) is 0 Å². The Hall–Kier alpha value is -1.93. The maximum absolute atomic E-state index is 12.2. The zero-order chi connectivity index (χ0) is 17.9. The van der Waals surface area contributed by atoms with Gasteiger partial charge in [0.2, 0.25) is 0 Å². The van der Waals surface area contributed by atoms with E-state index in [1.807, 2.05) is 12.1 Å². The van der Waals surface area contributed by atoms with E-state index in [9.17, 15) is 9.90 Å². The Morgan fingerprint density at radius 2 is 2.16 bits per heavy atom. The number of carbonyl (C=O) groups excluding carboxylic acids is 1. The summed E-state index contributed by atoms with van der Waals surface area (Å²) in [7, 11) is 0. The van der Waals surface area contributed by atoms with E-state index in [0.29, 0.717) is 17.9 Å². The van der Waals surface area contributed by atoms with E-state index in [1.54, 1.807) is 12.1 Å². The lowest BCUT2D eigenvalue weighted by Gasteiger charge is -2.33. The van der Waals surface area contributed by atoms with Gasteiger partial charge in [-0.1, -0.05) is 29.5 Å². The zero-order valence-corrected chi connectivity index (χ0v) is 14.9.